The lowest BCUT2D eigenvalue weighted by Gasteiger charge is -2.66. The molecule has 4 fully saturated rings. The van der Waals surface area contributed by atoms with Crippen molar-refractivity contribution >= 4 is 11.8 Å². The van der Waals surface area contributed by atoms with Crippen molar-refractivity contribution in [2.45, 2.75) is 70.8 Å². The van der Waals surface area contributed by atoms with E-state index in [0.29, 0.717) is 37.7 Å². The highest BCUT2D eigenvalue weighted by Crippen LogP contribution is 2.72. The number of carbonyl (C=O) groups excluding carboxylic acids is 1. The maximum absolute atomic E-state index is 13.1. The third-order valence-corrected chi connectivity index (χ3v) is 8.68. The Kier molecular flexibility index (Phi) is 3.07. The normalized spacial score (nSPS) is 53.5. The molecule has 0 radical (unpaired) electrons. The maximum atomic E-state index is 13.1. The number of allylic oxidation sites excluding steroid dienone is 1. The molecule has 24 heavy (non-hydrogen) atoms. The molecule has 4 heteroatoms. The Morgan fingerprint density at radius 3 is 2.54 bits per heavy atom. The first-order chi connectivity index (χ1) is 11.1. The SMILES string of the molecule is C=C1C(=O)C23CCC4C(C)(C(=O)O)CCCC4(C)C2(O)CCC1C3. The molecule has 0 aromatic carbocycles. The summed E-state index contributed by atoms with van der Waals surface area (Å²) in [4.78, 5) is 25.1. The number of hydrogen-bond acceptors (Lipinski definition) is 3. The highest BCUT2D eigenvalue weighted by atomic mass is 16.4. The van der Waals surface area contributed by atoms with Crippen LogP contribution in [-0.2, 0) is 9.59 Å². The molecule has 4 nitrogen and oxygen atoms in total. The molecule has 6 unspecified atom stereocenters. The minimum atomic E-state index is -1.09. The van der Waals surface area contributed by atoms with Crippen molar-refractivity contribution in [2.75, 3.05) is 0 Å². The number of hydrogen-bond donors (Lipinski definition) is 2. The molecule has 4 aliphatic rings. The first kappa shape index (κ1) is 16.3. The van der Waals surface area contributed by atoms with Crippen molar-refractivity contribution in [1.29, 1.82) is 0 Å². The Bertz CT molecular complexity index is 654. The van der Waals surface area contributed by atoms with E-state index >= 15 is 0 Å². The van der Waals surface area contributed by atoms with Crippen LogP contribution in [0.2, 0.25) is 0 Å². The van der Waals surface area contributed by atoms with Crippen molar-refractivity contribution < 1.29 is 19.8 Å². The second-order valence-corrected chi connectivity index (χ2v) is 9.32. The summed E-state index contributed by atoms with van der Waals surface area (Å²) < 4.78 is 0. The summed E-state index contributed by atoms with van der Waals surface area (Å²) in [7, 11) is 0. The van der Waals surface area contributed by atoms with Gasteiger partial charge in [0.15, 0.2) is 5.78 Å². The van der Waals surface area contributed by atoms with E-state index in [1.807, 2.05) is 6.92 Å². The summed E-state index contributed by atoms with van der Waals surface area (Å²) in [5.41, 5.74) is -2.42. The second-order valence-electron chi connectivity index (χ2n) is 9.32. The predicted octanol–water partition coefficient (Wildman–Crippen LogP) is 3.33. The number of ketones is 1. The van der Waals surface area contributed by atoms with Gasteiger partial charge >= 0.3 is 5.97 Å². The van der Waals surface area contributed by atoms with Gasteiger partial charge in [-0.3, -0.25) is 9.59 Å². The molecule has 1 spiro atoms. The Labute approximate surface area is 143 Å². The van der Waals surface area contributed by atoms with Crippen LogP contribution in [0, 0.1) is 28.1 Å². The molecular weight excluding hydrogens is 304 g/mol. The number of carbonyl (C=O) groups is 2. The van der Waals surface area contributed by atoms with Crippen LogP contribution >= 0.6 is 0 Å². The van der Waals surface area contributed by atoms with Gasteiger partial charge in [-0.25, -0.2) is 0 Å². The Morgan fingerprint density at radius 2 is 1.88 bits per heavy atom. The fraction of sp³-hybridized carbons (Fsp3) is 0.800. The second kappa shape index (κ2) is 4.51. The van der Waals surface area contributed by atoms with Crippen LogP contribution in [0.1, 0.15) is 65.2 Å². The van der Waals surface area contributed by atoms with Gasteiger partial charge in [-0.2, -0.15) is 0 Å². The summed E-state index contributed by atoms with van der Waals surface area (Å²) in [6.07, 6.45) is 5.71. The van der Waals surface area contributed by atoms with Crippen LogP contribution in [0.4, 0.5) is 0 Å². The molecule has 0 aromatic heterocycles. The average Bonchev–Trinajstić information content (AvgIpc) is 2.73. The van der Waals surface area contributed by atoms with Gasteiger partial charge < -0.3 is 10.2 Å². The van der Waals surface area contributed by atoms with Crippen molar-refractivity contribution in [1.82, 2.24) is 0 Å². The number of carboxylic acids is 1. The molecule has 4 rings (SSSR count). The Hall–Kier alpha value is -1.16. The Balaban J connectivity index is 1.86. The molecule has 132 valence electrons. The third kappa shape index (κ3) is 1.50. The average molecular weight is 332 g/mol. The van der Waals surface area contributed by atoms with Gasteiger partial charge in [0, 0.05) is 5.41 Å². The summed E-state index contributed by atoms with van der Waals surface area (Å²) in [5, 5.41) is 21.9. The van der Waals surface area contributed by atoms with Gasteiger partial charge in [0.2, 0.25) is 0 Å². The Morgan fingerprint density at radius 1 is 1.17 bits per heavy atom. The van der Waals surface area contributed by atoms with E-state index in [4.69, 9.17) is 0 Å². The van der Waals surface area contributed by atoms with Gasteiger partial charge in [-0.15, -0.1) is 0 Å². The molecule has 6 atom stereocenters. The summed E-state index contributed by atoms with van der Waals surface area (Å²) in [6, 6.07) is 0. The van der Waals surface area contributed by atoms with E-state index in [9.17, 15) is 19.8 Å². The van der Waals surface area contributed by atoms with Crippen LogP contribution in [0.25, 0.3) is 0 Å². The minimum Gasteiger partial charge on any atom is -0.481 e. The van der Waals surface area contributed by atoms with E-state index in [1.165, 1.54) is 0 Å². The molecule has 2 bridgehead atoms. The number of aliphatic carboxylic acids is 1. The van der Waals surface area contributed by atoms with E-state index < -0.39 is 27.8 Å². The molecule has 4 aliphatic carbocycles. The fourth-order valence-electron chi connectivity index (χ4n) is 7.29. The zero-order valence-electron chi connectivity index (χ0n) is 14.7. The number of rotatable bonds is 1. The number of fused-ring (bicyclic) bond motifs is 3. The van der Waals surface area contributed by atoms with E-state index in [1.54, 1.807) is 0 Å². The van der Waals surface area contributed by atoms with Crippen molar-refractivity contribution in [3.63, 3.8) is 0 Å². The van der Waals surface area contributed by atoms with Crippen molar-refractivity contribution in [3.05, 3.63) is 12.2 Å². The number of carboxylic acid groups (broad SMARTS) is 1. The summed E-state index contributed by atoms with van der Waals surface area (Å²) in [6.45, 7) is 7.93. The third-order valence-electron chi connectivity index (χ3n) is 8.68. The minimum absolute atomic E-state index is 0.0646. The van der Waals surface area contributed by atoms with Gasteiger partial charge in [0.1, 0.15) is 0 Å². The zero-order chi connectivity index (χ0) is 17.5. The van der Waals surface area contributed by atoms with Gasteiger partial charge in [0.05, 0.1) is 16.4 Å². The molecule has 0 amide bonds. The van der Waals surface area contributed by atoms with Gasteiger partial charge in [0.25, 0.3) is 0 Å². The smallest absolute Gasteiger partial charge is 0.309 e. The van der Waals surface area contributed by atoms with E-state index in [-0.39, 0.29) is 17.6 Å². The highest BCUT2D eigenvalue weighted by Gasteiger charge is 2.75. The van der Waals surface area contributed by atoms with Gasteiger partial charge in [-0.05, 0) is 69.3 Å². The topological polar surface area (TPSA) is 74.6 Å². The van der Waals surface area contributed by atoms with Crippen molar-refractivity contribution in [3.8, 4) is 0 Å². The molecule has 2 N–H and O–H groups in total. The summed E-state index contributed by atoms with van der Waals surface area (Å²) >= 11 is 0. The van der Waals surface area contributed by atoms with Crippen LogP contribution in [0.5, 0.6) is 0 Å². The number of aliphatic hydroxyl groups is 1. The quantitative estimate of drug-likeness (QED) is 0.722. The lowest BCUT2D eigenvalue weighted by molar-refractivity contribution is -0.255. The fourth-order valence-corrected chi connectivity index (χ4v) is 7.29. The first-order valence-electron chi connectivity index (χ1n) is 9.32. The predicted molar refractivity (Wildman–Crippen MR) is 89.3 cm³/mol. The molecule has 0 aromatic rings. The number of Topliss-reactive ketones (excluding diaryl/α,β-unsaturated/α-hetero) is 1. The molecular formula is C20H28O4. The monoisotopic (exact) mass is 332 g/mol. The van der Waals surface area contributed by atoms with E-state index in [2.05, 4.69) is 13.5 Å². The molecule has 0 heterocycles. The maximum Gasteiger partial charge on any atom is 0.309 e. The lowest BCUT2D eigenvalue weighted by Crippen LogP contribution is -2.70. The zero-order valence-corrected chi connectivity index (χ0v) is 14.7. The van der Waals surface area contributed by atoms with Crippen LogP contribution in [-0.4, -0.2) is 27.6 Å². The highest BCUT2D eigenvalue weighted by molar-refractivity contribution is 6.04. The standard InChI is InChI=1S/C20H28O4/c1-12-13-5-10-20(24)18(3)8-4-7-17(2,16(22)23)14(18)6-9-19(20,11-13)15(12)21/h13-14,24H,1,4-11H2,2-3H3,(H,22,23). The first-order valence-corrected chi connectivity index (χ1v) is 9.32. The van der Waals surface area contributed by atoms with Gasteiger partial charge in [-0.1, -0.05) is 19.9 Å². The molecule has 4 saturated carbocycles. The lowest BCUT2D eigenvalue weighted by atomic mass is 9.38. The molecule has 0 aliphatic heterocycles. The summed E-state index contributed by atoms with van der Waals surface area (Å²) in [5.74, 6) is -0.555. The molecule has 0 saturated heterocycles. The van der Waals surface area contributed by atoms with Crippen molar-refractivity contribution in [2.24, 2.45) is 28.1 Å². The van der Waals surface area contributed by atoms with E-state index in [0.717, 1.165) is 19.3 Å². The van der Waals surface area contributed by atoms with Crippen LogP contribution in [0.3, 0.4) is 0 Å². The van der Waals surface area contributed by atoms with Crippen LogP contribution in [0.15, 0.2) is 12.2 Å². The largest absolute Gasteiger partial charge is 0.481 e. The van der Waals surface area contributed by atoms with Crippen LogP contribution < -0.4 is 0 Å².